The van der Waals surface area contributed by atoms with Crippen molar-refractivity contribution >= 4 is 29.0 Å². The highest BCUT2D eigenvalue weighted by atomic mass is 35.5. The molecule has 1 saturated heterocycles. The Morgan fingerprint density at radius 3 is 2.81 bits per heavy atom. The molecule has 0 aliphatic carbocycles. The minimum atomic E-state index is -0.531. The molecule has 0 aromatic carbocycles. The van der Waals surface area contributed by atoms with Gasteiger partial charge in [0.2, 0.25) is 17.0 Å². The largest absolute Gasteiger partial charge is 0.357 e. The molecular weight excluding hydrogens is 298 g/mol. The standard InChI is InChI=1S/C12H16ClN5O3/c1-7-9(18(20)21)10(16-12(13)15-7)17-6-4-3-5-8(17)11(19)14-2/h8H,3-6H2,1-2H3,(H,14,19). The van der Waals surface area contributed by atoms with E-state index in [2.05, 4.69) is 15.3 Å². The molecule has 2 heterocycles. The van der Waals surface area contributed by atoms with E-state index in [9.17, 15) is 14.9 Å². The summed E-state index contributed by atoms with van der Waals surface area (Å²) in [5, 5.41) is 13.8. The maximum absolute atomic E-state index is 12.0. The highest BCUT2D eigenvalue weighted by Crippen LogP contribution is 2.33. The molecule has 1 N–H and O–H groups in total. The number of amides is 1. The van der Waals surface area contributed by atoms with Gasteiger partial charge in [-0.25, -0.2) is 4.98 Å². The number of carbonyl (C=O) groups excluding carboxylic acids is 1. The minimum Gasteiger partial charge on any atom is -0.357 e. The number of hydrogen-bond donors (Lipinski definition) is 1. The molecule has 9 heteroatoms. The van der Waals surface area contributed by atoms with Gasteiger partial charge < -0.3 is 10.2 Å². The van der Waals surface area contributed by atoms with E-state index in [0.29, 0.717) is 13.0 Å². The fourth-order valence-corrected chi connectivity index (χ4v) is 2.76. The number of aromatic nitrogens is 2. The van der Waals surface area contributed by atoms with E-state index in [1.165, 1.54) is 6.92 Å². The molecule has 0 saturated carbocycles. The van der Waals surface area contributed by atoms with Gasteiger partial charge in [0.25, 0.3) is 0 Å². The summed E-state index contributed by atoms with van der Waals surface area (Å²) in [6.07, 6.45) is 2.35. The smallest absolute Gasteiger partial charge is 0.332 e. The molecule has 1 aromatic rings. The highest BCUT2D eigenvalue weighted by Gasteiger charge is 2.35. The van der Waals surface area contributed by atoms with Crippen LogP contribution in [0.25, 0.3) is 0 Å². The Balaban J connectivity index is 2.52. The Hall–Kier alpha value is -1.96. The summed E-state index contributed by atoms with van der Waals surface area (Å²) in [7, 11) is 1.54. The van der Waals surface area contributed by atoms with Gasteiger partial charge >= 0.3 is 5.69 Å². The van der Waals surface area contributed by atoms with E-state index in [1.807, 2.05) is 0 Å². The Morgan fingerprint density at radius 2 is 2.19 bits per heavy atom. The monoisotopic (exact) mass is 313 g/mol. The van der Waals surface area contributed by atoms with E-state index >= 15 is 0 Å². The average Bonchev–Trinajstić information content (AvgIpc) is 2.45. The summed E-state index contributed by atoms with van der Waals surface area (Å²) in [6.45, 7) is 2.03. The van der Waals surface area contributed by atoms with Gasteiger partial charge in [-0.2, -0.15) is 4.98 Å². The first kappa shape index (κ1) is 15.4. The van der Waals surface area contributed by atoms with Gasteiger partial charge in [0.1, 0.15) is 11.7 Å². The zero-order chi connectivity index (χ0) is 15.6. The number of nitrogens with one attached hydrogen (secondary N) is 1. The van der Waals surface area contributed by atoms with Crippen LogP contribution in [-0.4, -0.2) is 40.4 Å². The molecule has 114 valence electrons. The predicted molar refractivity (Wildman–Crippen MR) is 77.5 cm³/mol. The number of carbonyl (C=O) groups is 1. The number of halogens is 1. The molecule has 1 aliphatic heterocycles. The van der Waals surface area contributed by atoms with Gasteiger partial charge in [0.15, 0.2) is 0 Å². The maximum atomic E-state index is 12.0. The van der Waals surface area contributed by atoms with E-state index in [-0.39, 0.29) is 28.4 Å². The van der Waals surface area contributed by atoms with Crippen molar-refractivity contribution in [3.05, 3.63) is 21.1 Å². The minimum absolute atomic E-state index is 0.0608. The molecule has 1 atom stereocenters. The summed E-state index contributed by atoms with van der Waals surface area (Å²) < 4.78 is 0. The summed E-state index contributed by atoms with van der Waals surface area (Å²) in [5.74, 6) is -0.0674. The third-order valence-corrected chi connectivity index (χ3v) is 3.69. The van der Waals surface area contributed by atoms with Crippen molar-refractivity contribution < 1.29 is 9.72 Å². The van der Waals surface area contributed by atoms with Crippen LogP contribution in [0.1, 0.15) is 25.0 Å². The van der Waals surface area contributed by atoms with Crippen molar-refractivity contribution in [3.63, 3.8) is 0 Å². The van der Waals surface area contributed by atoms with Crippen molar-refractivity contribution in [2.24, 2.45) is 0 Å². The molecule has 0 radical (unpaired) electrons. The fourth-order valence-electron chi connectivity index (χ4n) is 2.56. The van der Waals surface area contributed by atoms with Gasteiger partial charge in [-0.1, -0.05) is 0 Å². The third-order valence-electron chi connectivity index (χ3n) is 3.52. The fraction of sp³-hybridized carbons (Fsp3) is 0.583. The molecule has 1 amide bonds. The van der Waals surface area contributed by atoms with Gasteiger partial charge in [-0.3, -0.25) is 14.9 Å². The second-order valence-electron chi connectivity index (χ2n) is 4.83. The molecule has 0 bridgehead atoms. The lowest BCUT2D eigenvalue weighted by Crippen LogP contribution is -2.49. The normalized spacial score (nSPS) is 18.4. The lowest BCUT2D eigenvalue weighted by molar-refractivity contribution is -0.385. The highest BCUT2D eigenvalue weighted by molar-refractivity contribution is 6.28. The van der Waals surface area contributed by atoms with Crippen LogP contribution in [-0.2, 0) is 4.79 Å². The first-order valence-electron chi connectivity index (χ1n) is 6.62. The number of hydrogen-bond acceptors (Lipinski definition) is 6. The van der Waals surface area contributed by atoms with Crippen LogP contribution in [0.4, 0.5) is 11.5 Å². The van der Waals surface area contributed by atoms with Crippen LogP contribution in [0.2, 0.25) is 5.28 Å². The number of piperidine rings is 1. The molecule has 1 aliphatic rings. The van der Waals surface area contributed by atoms with Crippen molar-refractivity contribution in [3.8, 4) is 0 Å². The van der Waals surface area contributed by atoms with Crippen LogP contribution in [0, 0.1) is 17.0 Å². The zero-order valence-electron chi connectivity index (χ0n) is 11.8. The Morgan fingerprint density at radius 1 is 1.48 bits per heavy atom. The van der Waals surface area contributed by atoms with Gasteiger partial charge in [0.05, 0.1) is 4.92 Å². The molecular formula is C12H16ClN5O3. The summed E-state index contributed by atoms with van der Waals surface area (Å²) >= 11 is 5.84. The van der Waals surface area contributed by atoms with E-state index < -0.39 is 11.0 Å². The summed E-state index contributed by atoms with van der Waals surface area (Å²) in [4.78, 5) is 32.3. The molecule has 1 unspecified atom stereocenters. The molecule has 8 nitrogen and oxygen atoms in total. The van der Waals surface area contributed by atoms with E-state index in [1.54, 1.807) is 11.9 Å². The Kier molecular flexibility index (Phi) is 4.56. The maximum Gasteiger partial charge on any atom is 0.332 e. The van der Waals surface area contributed by atoms with Crippen molar-refractivity contribution in [1.82, 2.24) is 15.3 Å². The van der Waals surface area contributed by atoms with Gasteiger partial charge in [0, 0.05) is 13.6 Å². The molecule has 21 heavy (non-hydrogen) atoms. The average molecular weight is 314 g/mol. The quantitative estimate of drug-likeness (QED) is 0.515. The lowest BCUT2D eigenvalue weighted by atomic mass is 10.0. The third kappa shape index (κ3) is 3.05. The number of likely N-dealkylation sites (N-methyl/N-ethyl adjacent to an activating group) is 1. The Labute approximate surface area is 126 Å². The number of nitrogens with zero attached hydrogens (tertiary/aromatic N) is 4. The van der Waals surface area contributed by atoms with E-state index in [0.717, 1.165) is 12.8 Å². The van der Waals surface area contributed by atoms with Crippen LogP contribution < -0.4 is 10.2 Å². The molecule has 0 spiro atoms. The lowest BCUT2D eigenvalue weighted by Gasteiger charge is -2.34. The summed E-state index contributed by atoms with van der Waals surface area (Å²) in [6, 6.07) is -0.479. The van der Waals surface area contributed by atoms with Crippen LogP contribution in [0.5, 0.6) is 0 Å². The predicted octanol–water partition coefficient (Wildman–Crippen LogP) is 1.45. The molecule has 1 aromatic heterocycles. The molecule has 1 fully saturated rings. The number of rotatable bonds is 3. The van der Waals surface area contributed by atoms with E-state index in [4.69, 9.17) is 11.6 Å². The van der Waals surface area contributed by atoms with Crippen LogP contribution in [0.15, 0.2) is 0 Å². The van der Waals surface area contributed by atoms with Crippen molar-refractivity contribution in [2.45, 2.75) is 32.2 Å². The zero-order valence-corrected chi connectivity index (χ0v) is 12.6. The second kappa shape index (κ2) is 6.21. The van der Waals surface area contributed by atoms with Gasteiger partial charge in [-0.05, 0) is 37.8 Å². The topological polar surface area (TPSA) is 101 Å². The SMILES string of the molecule is CNC(=O)C1CCCCN1c1nc(Cl)nc(C)c1[N+](=O)[O-]. The van der Waals surface area contributed by atoms with Crippen molar-refractivity contribution in [2.75, 3.05) is 18.5 Å². The Bertz CT molecular complexity index is 580. The van der Waals surface area contributed by atoms with Crippen molar-refractivity contribution in [1.29, 1.82) is 0 Å². The first-order valence-corrected chi connectivity index (χ1v) is 7.00. The first-order chi connectivity index (χ1) is 9.95. The number of nitro groups is 1. The van der Waals surface area contributed by atoms with Crippen LogP contribution in [0.3, 0.4) is 0 Å². The second-order valence-corrected chi connectivity index (χ2v) is 5.16. The van der Waals surface area contributed by atoms with Gasteiger partial charge in [-0.15, -0.1) is 0 Å². The van der Waals surface area contributed by atoms with Crippen LogP contribution >= 0.6 is 11.6 Å². The summed E-state index contributed by atoms with van der Waals surface area (Å²) in [5.41, 5.74) is -0.00793. The number of anilines is 1. The molecule has 2 rings (SSSR count). The number of aryl methyl sites for hydroxylation is 1.